The van der Waals surface area contributed by atoms with Crippen LogP contribution in [0.25, 0.3) is 0 Å². The van der Waals surface area contributed by atoms with Crippen molar-refractivity contribution in [2.24, 2.45) is 0 Å². The minimum absolute atomic E-state index is 0.108. The highest BCUT2D eigenvalue weighted by Crippen LogP contribution is 2.23. The zero-order valence-electron chi connectivity index (χ0n) is 10.3. The minimum Gasteiger partial charge on any atom is -0.371 e. The SMILES string of the molecule is CCCCNC(=O)CNc1c(F)c(F)cc(F)c1F. The normalized spacial score (nSPS) is 10.4. The van der Waals surface area contributed by atoms with Gasteiger partial charge in [-0.05, 0) is 6.42 Å². The van der Waals surface area contributed by atoms with Gasteiger partial charge in [0, 0.05) is 12.6 Å². The molecule has 0 radical (unpaired) electrons. The molecule has 0 saturated heterocycles. The van der Waals surface area contributed by atoms with Crippen molar-refractivity contribution in [2.75, 3.05) is 18.4 Å². The van der Waals surface area contributed by atoms with Crippen LogP contribution in [0.3, 0.4) is 0 Å². The summed E-state index contributed by atoms with van der Waals surface area (Å²) in [5.74, 6) is -6.67. The Balaban J connectivity index is 2.65. The Labute approximate surface area is 108 Å². The fourth-order valence-electron chi connectivity index (χ4n) is 1.36. The van der Waals surface area contributed by atoms with E-state index >= 15 is 0 Å². The molecule has 106 valence electrons. The lowest BCUT2D eigenvalue weighted by molar-refractivity contribution is -0.119. The van der Waals surface area contributed by atoms with E-state index in [-0.39, 0.29) is 6.07 Å². The first-order valence-corrected chi connectivity index (χ1v) is 5.81. The molecule has 19 heavy (non-hydrogen) atoms. The average molecular weight is 278 g/mol. The van der Waals surface area contributed by atoms with Crippen LogP contribution in [-0.2, 0) is 4.79 Å². The van der Waals surface area contributed by atoms with Gasteiger partial charge in [0.2, 0.25) is 5.91 Å². The van der Waals surface area contributed by atoms with Crippen LogP contribution in [-0.4, -0.2) is 19.0 Å². The Morgan fingerprint density at radius 2 is 1.74 bits per heavy atom. The van der Waals surface area contributed by atoms with E-state index in [9.17, 15) is 22.4 Å². The van der Waals surface area contributed by atoms with Crippen LogP contribution in [0.2, 0.25) is 0 Å². The van der Waals surface area contributed by atoms with Gasteiger partial charge in [-0.25, -0.2) is 17.6 Å². The van der Waals surface area contributed by atoms with Crippen LogP contribution >= 0.6 is 0 Å². The molecule has 0 aromatic heterocycles. The van der Waals surface area contributed by atoms with Crippen molar-refractivity contribution in [2.45, 2.75) is 19.8 Å². The van der Waals surface area contributed by atoms with E-state index in [0.717, 1.165) is 12.8 Å². The fraction of sp³-hybridized carbons (Fsp3) is 0.417. The van der Waals surface area contributed by atoms with E-state index in [0.29, 0.717) is 6.54 Å². The van der Waals surface area contributed by atoms with Crippen LogP contribution in [0.1, 0.15) is 19.8 Å². The number of carbonyl (C=O) groups is 1. The summed E-state index contributed by atoms with van der Waals surface area (Å²) in [6.45, 7) is 1.89. The largest absolute Gasteiger partial charge is 0.371 e. The first-order chi connectivity index (χ1) is 8.97. The molecule has 0 bridgehead atoms. The van der Waals surface area contributed by atoms with Gasteiger partial charge in [-0.15, -0.1) is 0 Å². The number of unbranched alkanes of at least 4 members (excludes halogenated alkanes) is 1. The third kappa shape index (κ3) is 4.11. The molecular formula is C12H14F4N2O. The van der Waals surface area contributed by atoms with Gasteiger partial charge in [0.25, 0.3) is 0 Å². The van der Waals surface area contributed by atoms with E-state index < -0.39 is 41.4 Å². The molecule has 1 aromatic carbocycles. The molecule has 0 spiro atoms. The Bertz CT molecular complexity index is 439. The van der Waals surface area contributed by atoms with Gasteiger partial charge >= 0.3 is 0 Å². The number of hydrogen-bond donors (Lipinski definition) is 2. The lowest BCUT2D eigenvalue weighted by Crippen LogP contribution is -2.31. The van der Waals surface area contributed by atoms with Gasteiger partial charge in [-0.3, -0.25) is 4.79 Å². The molecule has 7 heteroatoms. The number of anilines is 1. The minimum atomic E-state index is -1.56. The number of benzene rings is 1. The van der Waals surface area contributed by atoms with Crippen molar-refractivity contribution in [1.82, 2.24) is 5.32 Å². The predicted octanol–water partition coefficient (Wildman–Crippen LogP) is 2.57. The van der Waals surface area contributed by atoms with Crippen molar-refractivity contribution in [3.63, 3.8) is 0 Å². The topological polar surface area (TPSA) is 41.1 Å². The van der Waals surface area contributed by atoms with Crippen molar-refractivity contribution >= 4 is 11.6 Å². The summed E-state index contributed by atoms with van der Waals surface area (Å²) in [5.41, 5.74) is -0.983. The number of carbonyl (C=O) groups excluding carboxylic acids is 1. The highest BCUT2D eigenvalue weighted by molar-refractivity contribution is 5.80. The van der Waals surface area contributed by atoms with E-state index in [1.165, 1.54) is 0 Å². The molecule has 1 rings (SSSR count). The average Bonchev–Trinajstić information content (AvgIpc) is 2.37. The molecule has 1 aromatic rings. The lowest BCUT2D eigenvalue weighted by atomic mass is 10.2. The first-order valence-electron chi connectivity index (χ1n) is 5.81. The molecule has 0 heterocycles. The highest BCUT2D eigenvalue weighted by atomic mass is 19.2. The van der Waals surface area contributed by atoms with Crippen LogP contribution in [0.15, 0.2) is 6.07 Å². The van der Waals surface area contributed by atoms with Crippen LogP contribution < -0.4 is 10.6 Å². The maximum Gasteiger partial charge on any atom is 0.239 e. The number of hydrogen-bond acceptors (Lipinski definition) is 2. The van der Waals surface area contributed by atoms with Crippen molar-refractivity contribution in [3.05, 3.63) is 29.3 Å². The van der Waals surface area contributed by atoms with Gasteiger partial charge in [-0.2, -0.15) is 0 Å². The van der Waals surface area contributed by atoms with E-state index in [2.05, 4.69) is 5.32 Å². The molecule has 0 fully saturated rings. The van der Waals surface area contributed by atoms with Crippen LogP contribution in [0, 0.1) is 23.3 Å². The molecule has 0 atom stereocenters. The second kappa shape index (κ2) is 6.96. The number of amides is 1. The number of halogens is 4. The second-order valence-electron chi connectivity index (χ2n) is 3.90. The van der Waals surface area contributed by atoms with Gasteiger partial charge in [0.15, 0.2) is 23.3 Å². The summed E-state index contributed by atoms with van der Waals surface area (Å²) < 4.78 is 52.2. The maximum absolute atomic E-state index is 13.2. The summed E-state index contributed by atoms with van der Waals surface area (Å²) in [6.07, 6.45) is 1.65. The summed E-state index contributed by atoms with van der Waals surface area (Å²) in [7, 11) is 0. The Morgan fingerprint density at radius 1 is 1.16 bits per heavy atom. The lowest BCUT2D eigenvalue weighted by Gasteiger charge is -2.10. The standard InChI is InChI=1S/C12H14F4N2O/c1-2-3-4-17-9(19)6-18-12-10(15)7(13)5-8(14)11(12)16/h5,18H,2-4,6H2,1H3,(H,17,19). The molecular weight excluding hydrogens is 264 g/mol. The van der Waals surface area contributed by atoms with Gasteiger partial charge in [-0.1, -0.05) is 13.3 Å². The van der Waals surface area contributed by atoms with Gasteiger partial charge < -0.3 is 10.6 Å². The first kappa shape index (κ1) is 15.3. The van der Waals surface area contributed by atoms with Crippen molar-refractivity contribution < 1.29 is 22.4 Å². The predicted molar refractivity (Wildman–Crippen MR) is 62.7 cm³/mol. The van der Waals surface area contributed by atoms with Gasteiger partial charge in [0.1, 0.15) is 5.69 Å². The maximum atomic E-state index is 13.2. The zero-order chi connectivity index (χ0) is 14.4. The van der Waals surface area contributed by atoms with Crippen LogP contribution in [0.4, 0.5) is 23.2 Å². The highest BCUT2D eigenvalue weighted by Gasteiger charge is 2.19. The summed E-state index contributed by atoms with van der Waals surface area (Å²) in [6, 6.07) is 0.108. The fourth-order valence-corrected chi connectivity index (χ4v) is 1.36. The van der Waals surface area contributed by atoms with E-state index in [1.807, 2.05) is 12.2 Å². The molecule has 2 N–H and O–H groups in total. The number of nitrogens with one attached hydrogen (secondary N) is 2. The van der Waals surface area contributed by atoms with Crippen molar-refractivity contribution in [1.29, 1.82) is 0 Å². The Morgan fingerprint density at radius 3 is 2.26 bits per heavy atom. The van der Waals surface area contributed by atoms with Crippen LogP contribution in [0.5, 0.6) is 0 Å². The summed E-state index contributed by atoms with van der Waals surface area (Å²) in [4.78, 5) is 11.3. The number of rotatable bonds is 6. The molecule has 3 nitrogen and oxygen atoms in total. The molecule has 0 aliphatic heterocycles. The Hall–Kier alpha value is -1.79. The smallest absolute Gasteiger partial charge is 0.239 e. The third-order valence-corrected chi connectivity index (χ3v) is 2.39. The molecule has 0 aliphatic carbocycles. The molecule has 0 saturated carbocycles. The monoisotopic (exact) mass is 278 g/mol. The quantitative estimate of drug-likeness (QED) is 0.477. The summed E-state index contributed by atoms with van der Waals surface area (Å²) >= 11 is 0. The summed E-state index contributed by atoms with van der Waals surface area (Å²) in [5, 5.41) is 4.54. The zero-order valence-corrected chi connectivity index (χ0v) is 10.3. The van der Waals surface area contributed by atoms with Crippen molar-refractivity contribution in [3.8, 4) is 0 Å². The van der Waals surface area contributed by atoms with E-state index in [4.69, 9.17) is 0 Å². The third-order valence-electron chi connectivity index (χ3n) is 2.39. The molecule has 0 aliphatic rings. The molecule has 0 unspecified atom stereocenters. The second-order valence-corrected chi connectivity index (χ2v) is 3.90. The Kier molecular flexibility index (Phi) is 5.59. The van der Waals surface area contributed by atoms with E-state index in [1.54, 1.807) is 0 Å². The molecule has 1 amide bonds. The van der Waals surface area contributed by atoms with Gasteiger partial charge in [0.05, 0.1) is 6.54 Å².